The summed E-state index contributed by atoms with van der Waals surface area (Å²) < 4.78 is 23.0. The van der Waals surface area contributed by atoms with Gasteiger partial charge in [-0.15, -0.1) is 0 Å². The Morgan fingerprint density at radius 2 is 1.73 bits per heavy atom. The molecule has 7 heteroatoms. The van der Waals surface area contributed by atoms with Gasteiger partial charge in [0.2, 0.25) is 0 Å². The largest absolute Gasteiger partial charge is 0.344 e. The summed E-state index contributed by atoms with van der Waals surface area (Å²) in [6.07, 6.45) is 1.14. The number of pyridine rings is 1. The van der Waals surface area contributed by atoms with Gasteiger partial charge in [-0.1, -0.05) is 30.3 Å². The number of carbonyl (C=O) groups is 1. The van der Waals surface area contributed by atoms with Crippen LogP contribution in [-0.4, -0.2) is 25.6 Å². The van der Waals surface area contributed by atoms with Gasteiger partial charge in [0.25, 0.3) is 11.5 Å². The fraction of sp³-hybridized carbons (Fsp3) is 0.158. The van der Waals surface area contributed by atoms with E-state index in [-0.39, 0.29) is 22.2 Å². The summed E-state index contributed by atoms with van der Waals surface area (Å²) in [5, 5.41) is 4.01. The van der Waals surface area contributed by atoms with Crippen molar-refractivity contribution >= 4 is 26.5 Å². The van der Waals surface area contributed by atoms with Gasteiger partial charge in [0.15, 0.2) is 9.84 Å². The Hall–Kier alpha value is -2.93. The molecule has 1 aromatic heterocycles. The van der Waals surface area contributed by atoms with Gasteiger partial charge < -0.3 is 10.3 Å². The maximum atomic E-state index is 12.5. The van der Waals surface area contributed by atoms with Crippen LogP contribution in [0.2, 0.25) is 0 Å². The van der Waals surface area contributed by atoms with E-state index in [4.69, 9.17) is 0 Å². The summed E-state index contributed by atoms with van der Waals surface area (Å²) in [5.74, 6) is -0.410. The molecule has 1 amide bonds. The predicted octanol–water partition coefficient (Wildman–Crippen LogP) is 2.42. The fourth-order valence-electron chi connectivity index (χ4n) is 2.69. The van der Waals surface area contributed by atoms with Gasteiger partial charge >= 0.3 is 0 Å². The summed E-state index contributed by atoms with van der Waals surface area (Å²) in [6.45, 7) is 1.78. The second-order valence-corrected chi connectivity index (χ2v) is 8.15. The first-order valence-electron chi connectivity index (χ1n) is 7.98. The number of amides is 1. The Morgan fingerprint density at radius 3 is 2.38 bits per heavy atom. The van der Waals surface area contributed by atoms with Gasteiger partial charge in [0, 0.05) is 11.6 Å². The van der Waals surface area contributed by atoms with Crippen molar-refractivity contribution in [2.75, 3.05) is 6.26 Å². The average Bonchev–Trinajstić information content (AvgIpc) is 2.61. The van der Waals surface area contributed by atoms with Crippen molar-refractivity contribution < 1.29 is 13.2 Å². The first kappa shape index (κ1) is 17.9. The number of nitrogens with one attached hydrogen (secondary N) is 2. The number of fused-ring (bicyclic) bond motifs is 1. The van der Waals surface area contributed by atoms with E-state index < -0.39 is 15.7 Å². The molecule has 3 rings (SSSR count). The molecule has 0 aliphatic carbocycles. The Bertz CT molecular complexity index is 1130. The van der Waals surface area contributed by atoms with Crippen LogP contribution in [-0.2, 0) is 9.84 Å². The molecule has 0 spiro atoms. The zero-order valence-electron chi connectivity index (χ0n) is 14.3. The summed E-state index contributed by atoms with van der Waals surface area (Å²) in [5.41, 5.74) is 0.612. The number of carbonyl (C=O) groups excluding carboxylic acids is 1. The second-order valence-electron chi connectivity index (χ2n) is 6.14. The molecule has 6 nitrogen and oxygen atoms in total. The molecule has 0 aliphatic rings. The van der Waals surface area contributed by atoms with Crippen LogP contribution in [0.3, 0.4) is 0 Å². The SMILES string of the molecule is CC(NC(=O)c1cc2ccccc2c(=O)[nH]1)c1ccc(S(C)(=O)=O)cc1. The van der Waals surface area contributed by atoms with Crippen LogP contribution in [0.4, 0.5) is 0 Å². The number of hydrogen-bond acceptors (Lipinski definition) is 4. The minimum atomic E-state index is -3.26. The average molecular weight is 370 g/mol. The van der Waals surface area contributed by atoms with Gasteiger partial charge in [0.1, 0.15) is 5.69 Å². The molecule has 0 bridgehead atoms. The van der Waals surface area contributed by atoms with Crippen LogP contribution in [0.25, 0.3) is 10.8 Å². The van der Waals surface area contributed by atoms with Crippen molar-refractivity contribution in [3.8, 4) is 0 Å². The number of sulfone groups is 1. The van der Waals surface area contributed by atoms with Gasteiger partial charge in [-0.3, -0.25) is 9.59 Å². The highest BCUT2D eigenvalue weighted by atomic mass is 32.2. The number of rotatable bonds is 4. The van der Waals surface area contributed by atoms with Crippen LogP contribution < -0.4 is 10.9 Å². The Kier molecular flexibility index (Phi) is 4.65. The van der Waals surface area contributed by atoms with Gasteiger partial charge in [-0.25, -0.2) is 8.42 Å². The van der Waals surface area contributed by atoms with E-state index in [2.05, 4.69) is 10.3 Å². The first-order valence-corrected chi connectivity index (χ1v) is 9.88. The molecule has 0 fully saturated rings. The van der Waals surface area contributed by atoms with E-state index >= 15 is 0 Å². The predicted molar refractivity (Wildman–Crippen MR) is 100 cm³/mol. The summed E-state index contributed by atoms with van der Waals surface area (Å²) in [4.78, 5) is 27.4. The van der Waals surface area contributed by atoms with Crippen molar-refractivity contribution in [1.82, 2.24) is 10.3 Å². The van der Waals surface area contributed by atoms with Crippen molar-refractivity contribution in [3.63, 3.8) is 0 Å². The molecule has 0 saturated heterocycles. The third kappa shape index (κ3) is 3.67. The van der Waals surface area contributed by atoms with E-state index in [1.165, 1.54) is 12.1 Å². The quantitative estimate of drug-likeness (QED) is 0.737. The van der Waals surface area contributed by atoms with E-state index in [0.717, 1.165) is 11.8 Å². The third-order valence-corrected chi connectivity index (χ3v) is 5.28. The van der Waals surface area contributed by atoms with Gasteiger partial charge in [-0.2, -0.15) is 0 Å². The van der Waals surface area contributed by atoms with Crippen LogP contribution >= 0.6 is 0 Å². The highest BCUT2D eigenvalue weighted by Crippen LogP contribution is 2.17. The molecular weight excluding hydrogens is 352 g/mol. The molecule has 134 valence electrons. The lowest BCUT2D eigenvalue weighted by Crippen LogP contribution is -2.29. The van der Waals surface area contributed by atoms with Crippen molar-refractivity contribution in [1.29, 1.82) is 0 Å². The maximum absolute atomic E-state index is 12.5. The minimum absolute atomic E-state index is 0.174. The third-order valence-electron chi connectivity index (χ3n) is 4.15. The summed E-state index contributed by atoms with van der Waals surface area (Å²) in [7, 11) is -3.26. The smallest absolute Gasteiger partial charge is 0.268 e. The molecule has 0 aliphatic heterocycles. The number of aromatic nitrogens is 1. The molecule has 2 N–H and O–H groups in total. The lowest BCUT2D eigenvalue weighted by molar-refractivity contribution is 0.0934. The molecule has 0 saturated carbocycles. The molecule has 0 radical (unpaired) electrons. The number of H-pyrrole nitrogens is 1. The van der Waals surface area contributed by atoms with Gasteiger partial charge in [-0.05, 0) is 42.1 Å². The van der Waals surface area contributed by atoms with Crippen molar-refractivity contribution in [3.05, 3.63) is 76.2 Å². The van der Waals surface area contributed by atoms with E-state index in [9.17, 15) is 18.0 Å². The second kappa shape index (κ2) is 6.76. The molecule has 1 heterocycles. The first-order chi connectivity index (χ1) is 12.3. The molecular formula is C19H18N2O4S. The Morgan fingerprint density at radius 1 is 1.08 bits per heavy atom. The van der Waals surface area contributed by atoms with Crippen LogP contribution in [0.15, 0.2) is 64.3 Å². The summed E-state index contributed by atoms with van der Waals surface area (Å²) >= 11 is 0. The highest BCUT2D eigenvalue weighted by Gasteiger charge is 2.14. The number of aromatic amines is 1. The lowest BCUT2D eigenvalue weighted by atomic mass is 10.1. The van der Waals surface area contributed by atoms with Crippen molar-refractivity contribution in [2.24, 2.45) is 0 Å². The minimum Gasteiger partial charge on any atom is -0.344 e. The number of benzene rings is 2. The topological polar surface area (TPSA) is 96.1 Å². The van der Waals surface area contributed by atoms with E-state index in [1.54, 1.807) is 49.4 Å². The monoisotopic (exact) mass is 370 g/mol. The zero-order valence-corrected chi connectivity index (χ0v) is 15.1. The van der Waals surface area contributed by atoms with E-state index in [1.807, 2.05) is 0 Å². The highest BCUT2D eigenvalue weighted by molar-refractivity contribution is 7.90. The zero-order chi connectivity index (χ0) is 18.9. The normalized spacial score (nSPS) is 12.7. The van der Waals surface area contributed by atoms with E-state index in [0.29, 0.717) is 10.8 Å². The van der Waals surface area contributed by atoms with Gasteiger partial charge in [0.05, 0.1) is 10.9 Å². The fourth-order valence-corrected chi connectivity index (χ4v) is 3.33. The van der Waals surface area contributed by atoms with Crippen LogP contribution in [0.1, 0.15) is 29.0 Å². The standard InChI is InChI=1S/C19H18N2O4S/c1-12(13-7-9-15(10-8-13)26(2,24)25)20-19(23)17-11-14-5-3-4-6-16(14)18(22)21-17/h3-12H,1-2H3,(H,20,23)(H,21,22). The summed E-state index contributed by atoms with van der Waals surface area (Å²) in [6, 6.07) is 14.6. The molecule has 1 unspecified atom stereocenters. The Labute approximate surface area is 150 Å². The number of hydrogen-bond donors (Lipinski definition) is 2. The maximum Gasteiger partial charge on any atom is 0.268 e. The molecule has 1 atom stereocenters. The molecule has 26 heavy (non-hydrogen) atoms. The lowest BCUT2D eigenvalue weighted by Gasteiger charge is -2.15. The van der Waals surface area contributed by atoms with Crippen LogP contribution in [0.5, 0.6) is 0 Å². The Balaban J connectivity index is 1.82. The van der Waals surface area contributed by atoms with Crippen molar-refractivity contribution in [2.45, 2.75) is 17.9 Å². The molecule has 2 aromatic carbocycles. The molecule has 3 aromatic rings. The van der Waals surface area contributed by atoms with Crippen LogP contribution in [0, 0.1) is 0 Å².